The molecule has 2 N–H and O–H groups in total. The maximum atomic E-state index is 12.2. The number of nitrogens with one attached hydrogen (secondary N) is 2. The van der Waals surface area contributed by atoms with E-state index in [1.165, 1.54) is 6.21 Å². The van der Waals surface area contributed by atoms with Crippen LogP contribution in [0.25, 0.3) is 22.0 Å². The molecule has 4 rings (SSSR count). The van der Waals surface area contributed by atoms with Gasteiger partial charge in [-0.1, -0.05) is 66.7 Å². The summed E-state index contributed by atoms with van der Waals surface area (Å²) >= 11 is 0. The summed E-state index contributed by atoms with van der Waals surface area (Å²) in [6, 6.07) is 21.8. The first-order valence-corrected chi connectivity index (χ1v) is 8.45. The second kappa shape index (κ2) is 7.58. The van der Waals surface area contributed by atoms with E-state index in [2.05, 4.69) is 25.6 Å². The first-order valence-electron chi connectivity index (χ1n) is 8.45. The molecule has 0 spiro atoms. The van der Waals surface area contributed by atoms with E-state index in [9.17, 15) is 10.0 Å². The van der Waals surface area contributed by atoms with E-state index in [1.54, 1.807) is 18.2 Å². The number of carbonyl (C=O) groups is 1. The van der Waals surface area contributed by atoms with Crippen molar-refractivity contribution in [1.82, 2.24) is 10.6 Å². The first kappa shape index (κ1) is 17.2. The van der Waals surface area contributed by atoms with Crippen molar-refractivity contribution in [1.29, 1.82) is 0 Å². The Balaban J connectivity index is 1.48. The quantitative estimate of drug-likeness (QED) is 0.325. The molecule has 0 unspecified atom stereocenters. The summed E-state index contributed by atoms with van der Waals surface area (Å²) in [5.41, 5.74) is 4.10. The predicted octanol–water partition coefficient (Wildman–Crippen LogP) is 3.28. The Hall–Kier alpha value is -4.20. The molecule has 0 atom stereocenters. The number of hydrogen-bond acceptors (Lipinski definition) is 5. The first-order chi connectivity index (χ1) is 13.7. The third kappa shape index (κ3) is 3.51. The van der Waals surface area contributed by atoms with E-state index in [4.69, 9.17) is 0 Å². The van der Waals surface area contributed by atoms with Gasteiger partial charge < -0.3 is 10.5 Å². The lowest BCUT2D eigenvalue weighted by Crippen LogP contribution is -2.29. The fraction of sp³-hybridized carbons (Fsp3) is 0. The van der Waals surface area contributed by atoms with Gasteiger partial charge in [-0.15, -0.1) is 0 Å². The summed E-state index contributed by atoms with van der Waals surface area (Å²) < 4.78 is 4.64. The van der Waals surface area contributed by atoms with Crippen LogP contribution in [0.3, 0.4) is 0 Å². The van der Waals surface area contributed by atoms with Crippen LogP contribution in [0.2, 0.25) is 0 Å². The molecule has 0 aliphatic heterocycles. The number of rotatable bonds is 4. The Labute approximate surface area is 159 Å². The monoisotopic (exact) mass is 373 g/mol. The summed E-state index contributed by atoms with van der Waals surface area (Å²) in [5, 5.41) is 24.0. The topological polar surface area (TPSA) is 106 Å². The maximum absolute atomic E-state index is 12.2. The minimum absolute atomic E-state index is 0.0802. The van der Waals surface area contributed by atoms with Crippen LogP contribution < -0.4 is 15.6 Å². The number of urea groups is 1. The van der Waals surface area contributed by atoms with Gasteiger partial charge in [-0.25, -0.2) is 10.2 Å². The number of hydrogen-bond donors (Lipinski definition) is 2. The van der Waals surface area contributed by atoms with Gasteiger partial charge in [0, 0.05) is 16.1 Å². The lowest BCUT2D eigenvalue weighted by Gasteiger charge is -2.07. The Bertz CT molecular complexity index is 1150. The molecule has 0 saturated heterocycles. The molecule has 1 aromatic heterocycles. The van der Waals surface area contributed by atoms with Crippen molar-refractivity contribution in [2.24, 2.45) is 5.10 Å². The van der Waals surface area contributed by atoms with E-state index < -0.39 is 6.03 Å². The second-order valence-corrected chi connectivity index (χ2v) is 5.88. The number of fused-ring (bicyclic) bond motifs is 1. The number of nitrogens with zero attached hydrogens (tertiary/aromatic N) is 3. The third-order valence-corrected chi connectivity index (χ3v) is 4.08. The Morgan fingerprint density at radius 1 is 1.04 bits per heavy atom. The molecule has 4 aromatic rings. The lowest BCUT2D eigenvalue weighted by molar-refractivity contribution is -0.803. The van der Waals surface area contributed by atoms with Gasteiger partial charge in [0.1, 0.15) is 6.21 Å². The van der Waals surface area contributed by atoms with Crippen molar-refractivity contribution in [2.75, 3.05) is 5.32 Å². The molecule has 0 saturated carbocycles. The fourth-order valence-electron chi connectivity index (χ4n) is 2.80. The van der Waals surface area contributed by atoms with Crippen molar-refractivity contribution in [2.45, 2.75) is 0 Å². The van der Waals surface area contributed by atoms with Crippen LogP contribution in [0.1, 0.15) is 5.69 Å². The fourth-order valence-corrected chi connectivity index (χ4v) is 2.80. The van der Waals surface area contributed by atoms with Crippen LogP contribution in [0, 0.1) is 5.21 Å². The number of benzene rings is 3. The molecule has 3 aromatic carbocycles. The smallest absolute Gasteiger partial charge is 0.339 e. The average Bonchev–Trinajstić information content (AvgIpc) is 3.09. The highest BCUT2D eigenvalue weighted by Gasteiger charge is 2.19. The van der Waals surface area contributed by atoms with Gasteiger partial charge in [0.15, 0.2) is 0 Å². The van der Waals surface area contributed by atoms with Crippen LogP contribution >= 0.6 is 0 Å². The van der Waals surface area contributed by atoms with E-state index in [0.29, 0.717) is 16.9 Å². The van der Waals surface area contributed by atoms with E-state index in [1.807, 2.05) is 54.6 Å². The highest BCUT2D eigenvalue weighted by Crippen LogP contribution is 2.22. The van der Waals surface area contributed by atoms with Gasteiger partial charge in [-0.05, 0) is 16.4 Å². The standard InChI is InChI=1S/C20H15N5O3/c26-20(22-17-12-6-10-14-7-4-5-11-16(14)17)23-21-13-18-19(24-28-25(18)27)15-8-2-1-3-9-15/h1-13H,(H2,22,23,26)/b21-13+. The second-order valence-electron chi connectivity index (χ2n) is 5.88. The van der Waals surface area contributed by atoms with Crippen LogP contribution in [-0.4, -0.2) is 17.4 Å². The maximum Gasteiger partial charge on any atom is 0.339 e. The van der Waals surface area contributed by atoms with Crippen molar-refractivity contribution >= 4 is 28.7 Å². The molecular formula is C20H15N5O3. The van der Waals surface area contributed by atoms with Gasteiger partial charge in [0.05, 0.1) is 5.69 Å². The Morgan fingerprint density at radius 3 is 2.64 bits per heavy atom. The van der Waals surface area contributed by atoms with Gasteiger partial charge >= 0.3 is 6.03 Å². The zero-order chi connectivity index (χ0) is 19.3. The van der Waals surface area contributed by atoms with Crippen LogP contribution in [0.5, 0.6) is 0 Å². The van der Waals surface area contributed by atoms with Gasteiger partial charge in [0.25, 0.3) is 5.69 Å². The van der Waals surface area contributed by atoms with E-state index in [0.717, 1.165) is 10.8 Å². The molecule has 0 fully saturated rings. The zero-order valence-corrected chi connectivity index (χ0v) is 14.6. The highest BCUT2D eigenvalue weighted by molar-refractivity contribution is 6.01. The summed E-state index contributed by atoms with van der Waals surface area (Å²) in [7, 11) is 0. The third-order valence-electron chi connectivity index (χ3n) is 4.08. The van der Waals surface area contributed by atoms with Crippen molar-refractivity contribution in [3.63, 3.8) is 0 Å². The van der Waals surface area contributed by atoms with Gasteiger partial charge in [0.2, 0.25) is 5.69 Å². The lowest BCUT2D eigenvalue weighted by atomic mass is 10.1. The minimum atomic E-state index is -0.539. The van der Waals surface area contributed by atoms with E-state index in [-0.39, 0.29) is 10.6 Å². The average molecular weight is 373 g/mol. The largest absolute Gasteiger partial charge is 0.359 e. The predicted molar refractivity (Wildman–Crippen MR) is 105 cm³/mol. The number of anilines is 1. The summed E-state index contributed by atoms with van der Waals surface area (Å²) in [6.45, 7) is 0. The van der Waals surface area contributed by atoms with Crippen LogP contribution in [-0.2, 0) is 0 Å². The zero-order valence-electron chi connectivity index (χ0n) is 14.6. The SMILES string of the molecule is O=C(N/N=C/c1c(-c2ccccc2)no[n+]1[O-])Nc1cccc2ccccc12. The summed E-state index contributed by atoms with van der Waals surface area (Å²) in [4.78, 5) is 12.4. The van der Waals surface area contributed by atoms with Crippen molar-refractivity contribution in [3.8, 4) is 11.3 Å². The molecule has 0 aliphatic carbocycles. The number of hydrazone groups is 1. The molecule has 0 bridgehead atoms. The van der Waals surface area contributed by atoms with Gasteiger partial charge in [-0.2, -0.15) is 5.10 Å². The van der Waals surface area contributed by atoms with Crippen molar-refractivity contribution in [3.05, 3.63) is 83.7 Å². The molecule has 138 valence electrons. The van der Waals surface area contributed by atoms with E-state index >= 15 is 0 Å². The molecule has 8 heteroatoms. The molecule has 2 amide bonds. The molecule has 8 nitrogen and oxygen atoms in total. The number of aromatic nitrogens is 2. The summed E-state index contributed by atoms with van der Waals surface area (Å²) in [6.07, 6.45) is 1.19. The minimum Gasteiger partial charge on any atom is -0.359 e. The normalized spacial score (nSPS) is 11.0. The molecule has 0 radical (unpaired) electrons. The van der Waals surface area contributed by atoms with Gasteiger partial charge in [-0.3, -0.25) is 4.63 Å². The molecule has 1 heterocycles. The molecular weight excluding hydrogens is 358 g/mol. The van der Waals surface area contributed by atoms with Crippen LogP contribution in [0.4, 0.5) is 10.5 Å². The Morgan fingerprint density at radius 2 is 1.79 bits per heavy atom. The van der Waals surface area contributed by atoms with Crippen LogP contribution in [0.15, 0.2) is 82.5 Å². The highest BCUT2D eigenvalue weighted by atomic mass is 16.8. The molecule has 28 heavy (non-hydrogen) atoms. The Kier molecular flexibility index (Phi) is 4.67. The molecule has 0 aliphatic rings. The summed E-state index contributed by atoms with van der Waals surface area (Å²) in [5.74, 6) is 0. The number of carbonyl (C=O) groups excluding carboxylic acids is 1. The number of amides is 2. The van der Waals surface area contributed by atoms with Crippen molar-refractivity contribution < 1.29 is 14.3 Å².